The highest BCUT2D eigenvalue weighted by Gasteiger charge is 2.45. The van der Waals surface area contributed by atoms with Gasteiger partial charge in [0.2, 0.25) is 5.88 Å². The van der Waals surface area contributed by atoms with Crippen molar-refractivity contribution >= 4 is 26.8 Å². The first-order chi connectivity index (χ1) is 17.8. The third-order valence-electron chi connectivity index (χ3n) is 7.14. The lowest BCUT2D eigenvalue weighted by molar-refractivity contribution is 0.290. The van der Waals surface area contributed by atoms with E-state index in [1.54, 1.807) is 13.1 Å². The summed E-state index contributed by atoms with van der Waals surface area (Å²) < 4.78 is 54.2. The molecule has 0 atom stereocenters. The minimum Gasteiger partial charge on any atom is -0.495 e. The molecule has 3 aromatic heterocycles. The van der Waals surface area contributed by atoms with Gasteiger partial charge in [0.05, 0.1) is 27.4 Å². The molecule has 1 N–H and O–H groups in total. The highest BCUT2D eigenvalue weighted by atomic mass is 32.2. The number of benzene rings is 1. The second-order valence-corrected chi connectivity index (χ2v) is 11.3. The molecule has 1 spiro atoms. The Labute approximate surface area is 213 Å². The van der Waals surface area contributed by atoms with Crippen molar-refractivity contribution in [3.8, 4) is 17.4 Å². The van der Waals surface area contributed by atoms with Gasteiger partial charge < -0.3 is 18.7 Å². The van der Waals surface area contributed by atoms with E-state index < -0.39 is 10.0 Å². The van der Waals surface area contributed by atoms with E-state index >= 15 is 0 Å². The van der Waals surface area contributed by atoms with Crippen LogP contribution >= 0.6 is 0 Å². The van der Waals surface area contributed by atoms with Gasteiger partial charge in [-0.25, -0.2) is 13.4 Å². The predicted octanol–water partition coefficient (Wildman–Crippen LogP) is 3.70. The van der Waals surface area contributed by atoms with E-state index in [0.717, 1.165) is 36.8 Å². The largest absolute Gasteiger partial charge is 0.495 e. The number of hydrogen-bond donors (Lipinski definition) is 1. The molecule has 0 unspecified atom stereocenters. The van der Waals surface area contributed by atoms with Crippen molar-refractivity contribution in [2.24, 2.45) is 5.41 Å². The van der Waals surface area contributed by atoms with Crippen LogP contribution in [0.3, 0.4) is 0 Å². The Bertz CT molecular complexity index is 1570. The number of aryl methyl sites for hydroxylation is 1. The number of nitrogens with zero attached hydrogens (tertiary/aromatic N) is 4. The summed E-state index contributed by atoms with van der Waals surface area (Å²) in [6, 6.07) is 5.31. The second kappa shape index (κ2) is 8.65. The van der Waals surface area contributed by atoms with Gasteiger partial charge in [-0.1, -0.05) is 5.16 Å². The van der Waals surface area contributed by atoms with Crippen molar-refractivity contribution in [3.63, 3.8) is 0 Å². The Morgan fingerprint density at radius 2 is 2.03 bits per heavy atom. The molecule has 12 heteroatoms. The third kappa shape index (κ3) is 4.14. The maximum atomic E-state index is 13.6. The van der Waals surface area contributed by atoms with E-state index in [2.05, 4.69) is 20.0 Å². The lowest BCUT2D eigenvalue weighted by Crippen LogP contribution is -2.17. The van der Waals surface area contributed by atoms with Crippen LogP contribution in [0, 0.1) is 12.3 Å². The van der Waals surface area contributed by atoms with Gasteiger partial charge in [-0.15, -0.1) is 0 Å². The molecule has 4 aromatic rings. The topological polar surface area (TPSA) is 131 Å². The van der Waals surface area contributed by atoms with Gasteiger partial charge in [-0.2, -0.15) is 5.10 Å². The Hall–Kier alpha value is -3.80. The summed E-state index contributed by atoms with van der Waals surface area (Å²) in [5.41, 5.74) is 3.25. The fourth-order valence-corrected chi connectivity index (χ4v) is 6.31. The van der Waals surface area contributed by atoms with Crippen molar-refractivity contribution in [2.75, 3.05) is 25.5 Å². The average Bonchev–Trinajstić information content (AvgIpc) is 3.31. The van der Waals surface area contributed by atoms with Crippen LogP contribution in [-0.4, -0.2) is 49.2 Å². The summed E-state index contributed by atoms with van der Waals surface area (Å²) >= 11 is 0. The van der Waals surface area contributed by atoms with Gasteiger partial charge in [0.1, 0.15) is 16.9 Å². The van der Waals surface area contributed by atoms with Crippen molar-refractivity contribution in [3.05, 3.63) is 47.4 Å². The highest BCUT2D eigenvalue weighted by molar-refractivity contribution is 7.93. The van der Waals surface area contributed by atoms with Gasteiger partial charge in [0.15, 0.2) is 16.3 Å². The summed E-state index contributed by atoms with van der Waals surface area (Å²) in [5, 5.41) is 8.93. The molecule has 1 saturated carbocycles. The SMILES string of the molecule is COc1cc(C)nc(OC)c1S(=O)(=O)Nc1noc2cc(Cn3cccn3)c3c(c12)OCCC1(CC1)C3. The summed E-state index contributed by atoms with van der Waals surface area (Å²) in [7, 11) is -1.48. The lowest BCUT2D eigenvalue weighted by Gasteiger charge is -2.17. The van der Waals surface area contributed by atoms with Crippen molar-refractivity contribution < 1.29 is 27.2 Å². The molecule has 194 valence electrons. The van der Waals surface area contributed by atoms with Crippen molar-refractivity contribution in [1.82, 2.24) is 19.9 Å². The number of anilines is 1. The minimum absolute atomic E-state index is 0.0355. The van der Waals surface area contributed by atoms with Crippen LogP contribution in [0.5, 0.6) is 17.4 Å². The summed E-state index contributed by atoms with van der Waals surface area (Å²) in [5.74, 6) is 0.665. The number of ether oxygens (including phenoxy) is 3. The molecule has 0 saturated heterocycles. The normalized spacial score (nSPS) is 16.2. The fraction of sp³-hybridized carbons (Fsp3) is 0.400. The van der Waals surface area contributed by atoms with Crippen LogP contribution in [0.15, 0.2) is 40.0 Å². The molecule has 0 bridgehead atoms. The zero-order valence-corrected chi connectivity index (χ0v) is 21.6. The van der Waals surface area contributed by atoms with E-state index in [1.165, 1.54) is 20.3 Å². The number of methoxy groups -OCH3 is 2. The third-order valence-corrected chi connectivity index (χ3v) is 8.52. The molecule has 11 nitrogen and oxygen atoms in total. The number of rotatable bonds is 7. The Balaban J connectivity index is 1.48. The standard InChI is InChI=1S/C25H27N5O6S/c1-15-11-19(33-2)22(24(27-15)34-3)37(31,32)29-23-20-18(36-28-23)12-16(14-30-9-4-8-26-30)17-13-25(5-6-25)7-10-35-21(17)20/h4,8-9,11-12H,5-7,10,13-14H2,1-3H3,(H,28,29). The first-order valence-electron chi connectivity index (χ1n) is 12.0. The van der Waals surface area contributed by atoms with E-state index in [-0.39, 0.29) is 27.8 Å². The first kappa shape index (κ1) is 23.6. The van der Waals surface area contributed by atoms with Crippen molar-refractivity contribution in [1.29, 1.82) is 0 Å². The number of pyridine rings is 1. The Kier molecular flexibility index (Phi) is 5.51. The number of sulfonamides is 1. The molecule has 1 aliphatic heterocycles. The van der Waals surface area contributed by atoms with Crippen LogP contribution in [0.4, 0.5) is 5.82 Å². The van der Waals surface area contributed by atoms with Crippen molar-refractivity contribution in [2.45, 2.75) is 44.0 Å². The molecule has 1 fully saturated rings. The minimum atomic E-state index is -4.23. The van der Waals surface area contributed by atoms with Crippen LogP contribution in [0.2, 0.25) is 0 Å². The monoisotopic (exact) mass is 525 g/mol. The quantitative estimate of drug-likeness (QED) is 0.384. The zero-order chi connectivity index (χ0) is 25.8. The number of aromatic nitrogens is 4. The Morgan fingerprint density at radius 3 is 2.73 bits per heavy atom. The second-order valence-electron chi connectivity index (χ2n) is 9.64. The van der Waals surface area contributed by atoms with Gasteiger partial charge in [-0.05, 0) is 55.7 Å². The first-order valence-corrected chi connectivity index (χ1v) is 13.5. The van der Waals surface area contributed by atoms with E-state index in [0.29, 0.717) is 35.6 Å². The smallest absolute Gasteiger partial charge is 0.272 e. The van der Waals surface area contributed by atoms with Crippen LogP contribution < -0.4 is 18.9 Å². The Morgan fingerprint density at radius 1 is 1.19 bits per heavy atom. The van der Waals surface area contributed by atoms with E-state index in [4.69, 9.17) is 18.7 Å². The van der Waals surface area contributed by atoms with Crippen LogP contribution in [0.25, 0.3) is 11.0 Å². The number of fused-ring (bicyclic) bond motifs is 3. The molecule has 4 heterocycles. The van der Waals surface area contributed by atoms with Crippen LogP contribution in [-0.2, 0) is 23.0 Å². The number of nitrogens with one attached hydrogen (secondary N) is 1. The predicted molar refractivity (Wildman–Crippen MR) is 134 cm³/mol. The molecule has 6 rings (SSSR count). The summed E-state index contributed by atoms with van der Waals surface area (Å²) in [6.07, 6.45) is 7.73. The maximum Gasteiger partial charge on any atom is 0.272 e. The molecular formula is C25H27N5O6S. The van der Waals surface area contributed by atoms with E-state index in [9.17, 15) is 8.42 Å². The molecule has 2 aliphatic rings. The zero-order valence-electron chi connectivity index (χ0n) is 20.8. The van der Waals surface area contributed by atoms with Gasteiger partial charge in [-0.3, -0.25) is 9.40 Å². The summed E-state index contributed by atoms with van der Waals surface area (Å²) in [4.78, 5) is 3.99. The fourth-order valence-electron chi connectivity index (χ4n) is 5.05. The molecule has 1 aliphatic carbocycles. The van der Waals surface area contributed by atoms with E-state index in [1.807, 2.05) is 23.0 Å². The molecule has 37 heavy (non-hydrogen) atoms. The molecular weight excluding hydrogens is 498 g/mol. The summed E-state index contributed by atoms with van der Waals surface area (Å²) in [6.45, 7) is 2.80. The van der Waals surface area contributed by atoms with Crippen LogP contribution in [0.1, 0.15) is 36.1 Å². The number of hydrogen-bond acceptors (Lipinski definition) is 9. The molecule has 0 amide bonds. The van der Waals surface area contributed by atoms with Gasteiger partial charge in [0, 0.05) is 29.7 Å². The van der Waals surface area contributed by atoms with Gasteiger partial charge >= 0.3 is 0 Å². The molecule has 0 radical (unpaired) electrons. The lowest BCUT2D eigenvalue weighted by atomic mass is 9.90. The highest BCUT2D eigenvalue weighted by Crippen LogP contribution is 2.55. The van der Waals surface area contributed by atoms with Gasteiger partial charge in [0.25, 0.3) is 10.0 Å². The molecule has 1 aromatic carbocycles. The average molecular weight is 526 g/mol. The maximum absolute atomic E-state index is 13.6.